The van der Waals surface area contributed by atoms with E-state index in [1.165, 1.54) is 11.1 Å². The Balaban J connectivity index is 2.07. The molecular weight excluding hydrogens is 186 g/mol. The average Bonchev–Trinajstić information content (AvgIpc) is 2.61. The predicted molar refractivity (Wildman–Crippen MR) is 60.6 cm³/mol. The van der Waals surface area contributed by atoms with Gasteiger partial charge in [-0.2, -0.15) is 0 Å². The van der Waals surface area contributed by atoms with Gasteiger partial charge in [-0.1, -0.05) is 6.07 Å². The van der Waals surface area contributed by atoms with E-state index in [1.807, 2.05) is 6.07 Å². The maximum Gasteiger partial charge on any atom is 0.119 e. The van der Waals surface area contributed by atoms with Crippen LogP contribution in [0.25, 0.3) is 0 Å². The molecule has 2 heteroatoms. The van der Waals surface area contributed by atoms with Gasteiger partial charge in [-0.15, -0.1) is 12.3 Å². The molecule has 1 atom stereocenters. The molecule has 0 radical (unpaired) electrons. The zero-order valence-corrected chi connectivity index (χ0v) is 8.70. The summed E-state index contributed by atoms with van der Waals surface area (Å²) in [6.07, 6.45) is 7.91. The smallest absolute Gasteiger partial charge is 0.119 e. The number of nitrogens with two attached hydrogens (primary N) is 1. The highest BCUT2D eigenvalue weighted by Gasteiger charge is 2.18. The number of fused-ring (bicyclic) bond motifs is 1. The highest BCUT2D eigenvalue weighted by molar-refractivity contribution is 5.40. The van der Waals surface area contributed by atoms with E-state index in [2.05, 4.69) is 18.1 Å². The van der Waals surface area contributed by atoms with Gasteiger partial charge in [0.15, 0.2) is 0 Å². The summed E-state index contributed by atoms with van der Waals surface area (Å²) in [5.41, 5.74) is 8.53. The van der Waals surface area contributed by atoms with E-state index < -0.39 is 0 Å². The summed E-state index contributed by atoms with van der Waals surface area (Å²) in [6.45, 7) is 0.585. The summed E-state index contributed by atoms with van der Waals surface area (Å²) in [5.74, 6) is 3.45. The van der Waals surface area contributed by atoms with Gasteiger partial charge in [-0.25, -0.2) is 0 Å². The van der Waals surface area contributed by atoms with Crippen molar-refractivity contribution in [2.24, 2.45) is 5.73 Å². The first-order chi connectivity index (χ1) is 7.31. The fraction of sp³-hybridized carbons (Fsp3) is 0.385. The fourth-order valence-electron chi connectivity index (χ4n) is 1.94. The molecule has 0 amide bonds. The minimum Gasteiger partial charge on any atom is -0.493 e. The molecule has 1 aliphatic rings. The van der Waals surface area contributed by atoms with Crippen LogP contribution in [0.3, 0.4) is 0 Å². The Labute approximate surface area is 90.4 Å². The van der Waals surface area contributed by atoms with Crippen LogP contribution in [0.15, 0.2) is 18.2 Å². The Morgan fingerprint density at radius 3 is 3.20 bits per heavy atom. The second kappa shape index (κ2) is 4.37. The molecule has 2 nitrogen and oxygen atoms in total. The van der Waals surface area contributed by atoms with Crippen LogP contribution < -0.4 is 10.5 Å². The molecule has 0 saturated carbocycles. The molecule has 0 aromatic heterocycles. The van der Waals surface area contributed by atoms with Crippen LogP contribution in [0.2, 0.25) is 0 Å². The lowest BCUT2D eigenvalue weighted by Gasteiger charge is -2.08. The van der Waals surface area contributed by atoms with E-state index in [1.54, 1.807) is 0 Å². The molecule has 0 fully saturated rings. The average molecular weight is 201 g/mol. The van der Waals surface area contributed by atoms with Crippen molar-refractivity contribution in [2.75, 3.05) is 6.61 Å². The van der Waals surface area contributed by atoms with E-state index in [9.17, 15) is 0 Å². The summed E-state index contributed by atoms with van der Waals surface area (Å²) < 4.78 is 5.52. The Morgan fingerprint density at radius 2 is 2.40 bits per heavy atom. The third-order valence-electron chi connectivity index (χ3n) is 2.75. The van der Waals surface area contributed by atoms with Crippen molar-refractivity contribution in [1.82, 2.24) is 0 Å². The molecule has 15 heavy (non-hydrogen) atoms. The third kappa shape index (κ3) is 2.14. The lowest BCUT2D eigenvalue weighted by molar-refractivity contribution is 0.327. The molecule has 0 heterocycles. The molecule has 0 saturated heterocycles. The van der Waals surface area contributed by atoms with Crippen LogP contribution in [0, 0.1) is 12.3 Å². The SMILES string of the molecule is C#CCCOc1ccc2c(c1)CC[C@H]2N. The van der Waals surface area contributed by atoms with Gasteiger partial charge in [0, 0.05) is 12.5 Å². The van der Waals surface area contributed by atoms with Gasteiger partial charge in [-0.05, 0) is 36.1 Å². The lowest BCUT2D eigenvalue weighted by Crippen LogP contribution is -2.05. The van der Waals surface area contributed by atoms with Crippen LogP contribution in [0.4, 0.5) is 0 Å². The topological polar surface area (TPSA) is 35.2 Å². The van der Waals surface area contributed by atoms with Crippen molar-refractivity contribution in [3.8, 4) is 18.1 Å². The van der Waals surface area contributed by atoms with Crippen molar-refractivity contribution in [1.29, 1.82) is 0 Å². The molecule has 0 bridgehead atoms. The molecule has 1 aliphatic carbocycles. The molecule has 2 N–H and O–H groups in total. The van der Waals surface area contributed by atoms with Crippen LogP contribution >= 0.6 is 0 Å². The minimum absolute atomic E-state index is 0.208. The van der Waals surface area contributed by atoms with Gasteiger partial charge >= 0.3 is 0 Å². The quantitative estimate of drug-likeness (QED) is 0.600. The second-order valence-corrected chi connectivity index (χ2v) is 3.81. The summed E-state index contributed by atoms with van der Waals surface area (Å²) in [7, 11) is 0. The van der Waals surface area contributed by atoms with Crippen LogP contribution in [0.5, 0.6) is 5.75 Å². The van der Waals surface area contributed by atoms with Crippen molar-refractivity contribution in [3.63, 3.8) is 0 Å². The molecule has 0 unspecified atom stereocenters. The summed E-state index contributed by atoms with van der Waals surface area (Å²) in [6, 6.07) is 6.33. The Kier molecular flexibility index (Phi) is 2.94. The monoisotopic (exact) mass is 201 g/mol. The van der Waals surface area contributed by atoms with Crippen LogP contribution in [0.1, 0.15) is 30.0 Å². The van der Waals surface area contributed by atoms with Crippen molar-refractivity contribution < 1.29 is 4.74 Å². The number of benzene rings is 1. The highest BCUT2D eigenvalue weighted by Crippen LogP contribution is 2.31. The van der Waals surface area contributed by atoms with Gasteiger partial charge in [0.1, 0.15) is 5.75 Å². The predicted octanol–water partition coefficient (Wildman–Crippen LogP) is 2.03. The zero-order chi connectivity index (χ0) is 10.7. The Bertz CT molecular complexity index is 392. The number of terminal acetylenes is 1. The lowest BCUT2D eigenvalue weighted by atomic mass is 10.1. The maximum absolute atomic E-state index is 5.95. The molecular formula is C13H15NO. The maximum atomic E-state index is 5.95. The van der Waals surface area contributed by atoms with Crippen molar-refractivity contribution >= 4 is 0 Å². The normalized spacial score (nSPS) is 18.3. The molecule has 2 rings (SSSR count). The standard InChI is InChI=1S/C13H15NO/c1-2-3-8-15-11-5-6-12-10(9-11)4-7-13(12)14/h1,5-6,9,13H,3-4,7-8,14H2/t13-/m1/s1. The van der Waals surface area contributed by atoms with Gasteiger partial charge in [0.05, 0.1) is 6.61 Å². The number of hydrogen-bond acceptors (Lipinski definition) is 2. The molecule has 1 aromatic carbocycles. The number of ether oxygens (including phenoxy) is 1. The molecule has 0 aliphatic heterocycles. The number of aryl methyl sites for hydroxylation is 1. The Morgan fingerprint density at radius 1 is 1.53 bits per heavy atom. The van der Waals surface area contributed by atoms with E-state index in [-0.39, 0.29) is 6.04 Å². The zero-order valence-electron chi connectivity index (χ0n) is 8.70. The third-order valence-corrected chi connectivity index (χ3v) is 2.75. The highest BCUT2D eigenvalue weighted by atomic mass is 16.5. The van der Waals surface area contributed by atoms with Crippen molar-refractivity contribution in [2.45, 2.75) is 25.3 Å². The largest absolute Gasteiger partial charge is 0.493 e. The summed E-state index contributed by atoms with van der Waals surface area (Å²) >= 11 is 0. The van der Waals surface area contributed by atoms with Gasteiger partial charge in [0.2, 0.25) is 0 Å². The summed E-state index contributed by atoms with van der Waals surface area (Å²) in [5, 5.41) is 0. The first kappa shape index (κ1) is 10.1. The van der Waals surface area contributed by atoms with Gasteiger partial charge < -0.3 is 10.5 Å². The fourth-order valence-corrected chi connectivity index (χ4v) is 1.94. The second-order valence-electron chi connectivity index (χ2n) is 3.81. The number of rotatable bonds is 3. The van der Waals surface area contributed by atoms with E-state index in [0.717, 1.165) is 18.6 Å². The van der Waals surface area contributed by atoms with Crippen molar-refractivity contribution in [3.05, 3.63) is 29.3 Å². The summed E-state index contributed by atoms with van der Waals surface area (Å²) in [4.78, 5) is 0. The molecule has 1 aromatic rings. The van der Waals surface area contributed by atoms with E-state index in [0.29, 0.717) is 13.0 Å². The van der Waals surface area contributed by atoms with Gasteiger partial charge in [-0.3, -0.25) is 0 Å². The molecule has 0 spiro atoms. The Hall–Kier alpha value is -1.46. The minimum atomic E-state index is 0.208. The molecule has 78 valence electrons. The number of hydrogen-bond donors (Lipinski definition) is 1. The first-order valence-electron chi connectivity index (χ1n) is 5.26. The van der Waals surface area contributed by atoms with E-state index >= 15 is 0 Å². The van der Waals surface area contributed by atoms with Crippen LogP contribution in [-0.4, -0.2) is 6.61 Å². The van der Waals surface area contributed by atoms with E-state index in [4.69, 9.17) is 16.9 Å². The van der Waals surface area contributed by atoms with Gasteiger partial charge in [0.25, 0.3) is 0 Å². The van der Waals surface area contributed by atoms with Crippen LogP contribution in [-0.2, 0) is 6.42 Å². The first-order valence-corrected chi connectivity index (χ1v) is 5.26.